The molecule has 0 saturated carbocycles. The van der Waals surface area contributed by atoms with Gasteiger partial charge >= 0.3 is 0 Å². The molecule has 0 aliphatic carbocycles. The third kappa shape index (κ3) is 1.70. The monoisotopic (exact) mass is 143 g/mol. The molecule has 1 heterocycles. The molecule has 0 spiro atoms. The van der Waals surface area contributed by atoms with E-state index in [-0.39, 0.29) is 11.9 Å². The van der Waals surface area contributed by atoms with E-state index in [9.17, 15) is 4.79 Å². The third-order valence-corrected chi connectivity index (χ3v) is 1.85. The number of aliphatic hydroxyl groups excluding tert-OH is 1. The van der Waals surface area contributed by atoms with Crippen molar-refractivity contribution < 1.29 is 9.90 Å². The lowest BCUT2D eigenvalue weighted by Gasteiger charge is -2.25. The van der Waals surface area contributed by atoms with Crippen molar-refractivity contribution in [2.24, 2.45) is 0 Å². The van der Waals surface area contributed by atoms with Crippen molar-refractivity contribution in [1.82, 2.24) is 5.32 Å². The Morgan fingerprint density at radius 3 is 2.90 bits per heavy atom. The summed E-state index contributed by atoms with van der Waals surface area (Å²) in [6.45, 7) is 1.70. The minimum atomic E-state index is -0.413. The Bertz CT molecular complexity index is 134. The minimum Gasteiger partial charge on any atom is -0.391 e. The normalized spacial score (nSPS) is 29.4. The van der Waals surface area contributed by atoms with Crippen molar-refractivity contribution >= 4 is 5.91 Å². The maximum atomic E-state index is 10.8. The first-order chi connectivity index (χ1) is 4.70. The molecule has 3 nitrogen and oxygen atoms in total. The summed E-state index contributed by atoms with van der Waals surface area (Å²) in [5.74, 6) is 0.0668. The summed E-state index contributed by atoms with van der Waals surface area (Å²) in [6.07, 6.45) is 2.01. The highest BCUT2D eigenvalue weighted by molar-refractivity contribution is 5.76. The molecule has 3 heteroatoms. The maximum absolute atomic E-state index is 10.8. The Hall–Kier alpha value is -0.570. The van der Waals surface area contributed by atoms with Gasteiger partial charge in [0.05, 0.1) is 12.1 Å². The van der Waals surface area contributed by atoms with E-state index in [1.165, 1.54) is 0 Å². The third-order valence-electron chi connectivity index (χ3n) is 1.85. The van der Waals surface area contributed by atoms with Gasteiger partial charge in [0.1, 0.15) is 0 Å². The highest BCUT2D eigenvalue weighted by Gasteiger charge is 2.21. The van der Waals surface area contributed by atoms with E-state index in [2.05, 4.69) is 5.32 Å². The summed E-state index contributed by atoms with van der Waals surface area (Å²) < 4.78 is 0. The zero-order chi connectivity index (χ0) is 7.56. The van der Waals surface area contributed by atoms with Gasteiger partial charge in [0.25, 0.3) is 0 Å². The fourth-order valence-corrected chi connectivity index (χ4v) is 1.20. The highest BCUT2D eigenvalue weighted by Crippen LogP contribution is 2.10. The zero-order valence-electron chi connectivity index (χ0n) is 6.13. The lowest BCUT2D eigenvalue weighted by Crippen LogP contribution is -2.44. The molecule has 2 N–H and O–H groups in total. The molecule has 0 aromatic rings. The molecule has 1 aliphatic heterocycles. The Morgan fingerprint density at radius 2 is 2.50 bits per heavy atom. The number of hydrogen-bond donors (Lipinski definition) is 2. The summed E-state index contributed by atoms with van der Waals surface area (Å²) in [4.78, 5) is 10.8. The van der Waals surface area contributed by atoms with Crippen molar-refractivity contribution in [1.29, 1.82) is 0 Å². The van der Waals surface area contributed by atoms with E-state index < -0.39 is 6.10 Å². The van der Waals surface area contributed by atoms with E-state index in [4.69, 9.17) is 5.11 Å². The molecule has 1 amide bonds. The number of carbonyl (C=O) groups excluding carboxylic acids is 1. The van der Waals surface area contributed by atoms with Gasteiger partial charge < -0.3 is 10.4 Å². The summed E-state index contributed by atoms with van der Waals surface area (Å²) in [6, 6.07) is -0.0127. The molecule has 1 rings (SSSR count). The van der Waals surface area contributed by atoms with Crippen molar-refractivity contribution in [3.63, 3.8) is 0 Å². The van der Waals surface area contributed by atoms with Gasteiger partial charge in [0.2, 0.25) is 5.91 Å². The van der Waals surface area contributed by atoms with Crippen molar-refractivity contribution in [2.75, 3.05) is 0 Å². The fourth-order valence-electron chi connectivity index (χ4n) is 1.20. The van der Waals surface area contributed by atoms with Crippen LogP contribution < -0.4 is 5.32 Å². The predicted octanol–water partition coefficient (Wildman–Crippen LogP) is 0.0359. The molecule has 1 aliphatic rings. The largest absolute Gasteiger partial charge is 0.391 e. The summed E-state index contributed by atoms with van der Waals surface area (Å²) in [5.41, 5.74) is 0. The topological polar surface area (TPSA) is 49.3 Å². The molecular weight excluding hydrogens is 130 g/mol. The van der Waals surface area contributed by atoms with Gasteiger partial charge in [-0.3, -0.25) is 4.79 Å². The fraction of sp³-hybridized carbons (Fsp3) is 0.857. The quantitative estimate of drug-likeness (QED) is 0.544. The first-order valence-corrected chi connectivity index (χ1v) is 3.67. The van der Waals surface area contributed by atoms with Gasteiger partial charge in [-0.2, -0.15) is 0 Å². The van der Waals surface area contributed by atoms with Crippen LogP contribution in [0.25, 0.3) is 0 Å². The maximum Gasteiger partial charge on any atom is 0.220 e. The lowest BCUT2D eigenvalue weighted by molar-refractivity contribution is -0.124. The molecular formula is C7H13NO2. The van der Waals surface area contributed by atoms with Crippen LogP contribution in [0.1, 0.15) is 26.2 Å². The first-order valence-electron chi connectivity index (χ1n) is 3.67. The Labute approximate surface area is 60.4 Å². The van der Waals surface area contributed by atoms with Gasteiger partial charge in [-0.25, -0.2) is 0 Å². The van der Waals surface area contributed by atoms with E-state index in [1.54, 1.807) is 6.92 Å². The number of amides is 1. The molecule has 0 aromatic carbocycles. The molecule has 1 saturated heterocycles. The first kappa shape index (κ1) is 7.54. The number of piperidine rings is 1. The lowest BCUT2D eigenvalue weighted by atomic mass is 10.0. The standard InChI is InChI=1S/C7H13NO2/c1-5(9)6-3-2-4-7(10)8-6/h5-6,9H,2-4H2,1H3,(H,8,10). The molecule has 1 fully saturated rings. The molecule has 10 heavy (non-hydrogen) atoms. The van der Waals surface area contributed by atoms with E-state index >= 15 is 0 Å². The Balaban J connectivity index is 2.39. The molecule has 2 unspecified atom stereocenters. The number of rotatable bonds is 1. The van der Waals surface area contributed by atoms with Gasteiger partial charge in [-0.1, -0.05) is 0 Å². The molecule has 0 aromatic heterocycles. The van der Waals surface area contributed by atoms with Gasteiger partial charge in [-0.15, -0.1) is 0 Å². The van der Waals surface area contributed by atoms with Crippen LogP contribution in [0.5, 0.6) is 0 Å². The molecule has 58 valence electrons. The van der Waals surface area contributed by atoms with Crippen LogP contribution in [0.15, 0.2) is 0 Å². The molecule has 0 radical (unpaired) electrons. The number of hydrogen-bond acceptors (Lipinski definition) is 2. The average molecular weight is 143 g/mol. The van der Waals surface area contributed by atoms with Gasteiger partial charge in [0.15, 0.2) is 0 Å². The molecule has 2 atom stereocenters. The average Bonchev–Trinajstić information content (AvgIpc) is 1.88. The van der Waals surface area contributed by atoms with Crippen LogP contribution in [0.2, 0.25) is 0 Å². The summed E-state index contributed by atoms with van der Waals surface area (Å²) in [7, 11) is 0. The van der Waals surface area contributed by atoms with E-state index in [1.807, 2.05) is 0 Å². The zero-order valence-corrected chi connectivity index (χ0v) is 6.13. The van der Waals surface area contributed by atoms with Gasteiger partial charge in [0, 0.05) is 6.42 Å². The smallest absolute Gasteiger partial charge is 0.220 e. The van der Waals surface area contributed by atoms with Crippen molar-refractivity contribution in [2.45, 2.75) is 38.3 Å². The Morgan fingerprint density at radius 1 is 1.80 bits per heavy atom. The van der Waals surface area contributed by atoms with E-state index in [0.717, 1.165) is 12.8 Å². The van der Waals surface area contributed by atoms with Crippen LogP contribution in [-0.2, 0) is 4.79 Å². The van der Waals surface area contributed by atoms with E-state index in [0.29, 0.717) is 6.42 Å². The Kier molecular flexibility index (Phi) is 2.27. The van der Waals surface area contributed by atoms with Crippen LogP contribution in [0.4, 0.5) is 0 Å². The number of aliphatic hydroxyl groups is 1. The second-order valence-corrected chi connectivity index (χ2v) is 2.81. The predicted molar refractivity (Wildman–Crippen MR) is 37.5 cm³/mol. The number of nitrogens with one attached hydrogen (secondary N) is 1. The van der Waals surface area contributed by atoms with Crippen molar-refractivity contribution in [3.05, 3.63) is 0 Å². The SMILES string of the molecule is CC(O)C1CCCC(=O)N1. The van der Waals surface area contributed by atoms with Gasteiger partial charge in [-0.05, 0) is 19.8 Å². The van der Waals surface area contributed by atoms with Crippen LogP contribution in [0, 0.1) is 0 Å². The second-order valence-electron chi connectivity index (χ2n) is 2.81. The number of carbonyl (C=O) groups is 1. The van der Waals surface area contributed by atoms with Crippen LogP contribution >= 0.6 is 0 Å². The summed E-state index contributed by atoms with van der Waals surface area (Å²) in [5, 5.41) is 11.8. The summed E-state index contributed by atoms with van der Waals surface area (Å²) >= 11 is 0. The van der Waals surface area contributed by atoms with Crippen LogP contribution in [0.3, 0.4) is 0 Å². The second kappa shape index (κ2) is 3.01. The van der Waals surface area contributed by atoms with Crippen molar-refractivity contribution in [3.8, 4) is 0 Å². The highest BCUT2D eigenvalue weighted by atomic mass is 16.3. The minimum absolute atomic E-state index is 0.0127. The molecule has 0 bridgehead atoms. The van der Waals surface area contributed by atoms with Crippen LogP contribution in [-0.4, -0.2) is 23.2 Å².